The minimum atomic E-state index is -0.0778. The number of carbonyl (C=O) groups is 2. The number of hydrogen-bond donors (Lipinski definition) is 0. The van der Waals surface area contributed by atoms with Crippen molar-refractivity contribution in [3.05, 3.63) is 42.1 Å². The van der Waals surface area contributed by atoms with E-state index < -0.39 is 0 Å². The number of aromatic nitrogens is 1. The van der Waals surface area contributed by atoms with E-state index in [1.54, 1.807) is 6.07 Å². The second kappa shape index (κ2) is 4.87. The molecule has 0 atom stereocenters. The largest absolute Gasteiger partial charge is 0.300 e. The minimum Gasteiger partial charge on any atom is -0.300 e. The molecular weight excluding hydrogens is 214 g/mol. The van der Waals surface area contributed by atoms with E-state index >= 15 is 0 Å². The number of benzene rings is 1. The molecule has 86 valence electrons. The molecule has 1 aromatic carbocycles. The van der Waals surface area contributed by atoms with Crippen molar-refractivity contribution in [1.29, 1.82) is 0 Å². The molecule has 0 aliphatic rings. The van der Waals surface area contributed by atoms with E-state index in [0.29, 0.717) is 5.69 Å². The monoisotopic (exact) mass is 227 g/mol. The van der Waals surface area contributed by atoms with Gasteiger partial charge >= 0.3 is 0 Å². The van der Waals surface area contributed by atoms with Crippen LogP contribution in [0.3, 0.4) is 0 Å². The van der Waals surface area contributed by atoms with Crippen molar-refractivity contribution in [2.75, 3.05) is 0 Å². The van der Waals surface area contributed by atoms with Crippen LogP contribution in [-0.4, -0.2) is 16.6 Å². The fraction of sp³-hybridized carbons (Fsp3) is 0.214. The maximum atomic E-state index is 11.8. The molecule has 0 aliphatic heterocycles. The van der Waals surface area contributed by atoms with Gasteiger partial charge in [0, 0.05) is 18.2 Å². The van der Waals surface area contributed by atoms with Crippen LogP contribution in [0.5, 0.6) is 0 Å². The summed E-state index contributed by atoms with van der Waals surface area (Å²) in [5, 5.41) is 1.01. The van der Waals surface area contributed by atoms with E-state index in [0.717, 1.165) is 10.9 Å². The van der Waals surface area contributed by atoms with Gasteiger partial charge in [-0.05, 0) is 19.1 Å². The molecule has 17 heavy (non-hydrogen) atoms. The Morgan fingerprint density at radius 3 is 2.59 bits per heavy atom. The third-order valence-corrected chi connectivity index (χ3v) is 2.59. The van der Waals surface area contributed by atoms with Crippen molar-refractivity contribution < 1.29 is 9.59 Å². The summed E-state index contributed by atoms with van der Waals surface area (Å²) in [5.41, 5.74) is 1.24. The van der Waals surface area contributed by atoms with Gasteiger partial charge in [0.05, 0.1) is 5.52 Å². The van der Waals surface area contributed by atoms with Crippen LogP contribution in [-0.2, 0) is 4.79 Å². The number of hydrogen-bond acceptors (Lipinski definition) is 3. The SMILES string of the molecule is CC(=O)CCC(=O)c1ccc2ccccc2n1. The molecule has 0 radical (unpaired) electrons. The Bertz CT molecular complexity index is 575. The van der Waals surface area contributed by atoms with Crippen LogP contribution in [0.4, 0.5) is 0 Å². The van der Waals surface area contributed by atoms with E-state index in [9.17, 15) is 9.59 Å². The number of carbonyl (C=O) groups excluding carboxylic acids is 2. The van der Waals surface area contributed by atoms with Gasteiger partial charge in [-0.3, -0.25) is 4.79 Å². The van der Waals surface area contributed by atoms with Gasteiger partial charge in [0.1, 0.15) is 11.5 Å². The fourth-order valence-corrected chi connectivity index (χ4v) is 1.64. The zero-order valence-electron chi connectivity index (χ0n) is 9.64. The van der Waals surface area contributed by atoms with Gasteiger partial charge in [0.25, 0.3) is 0 Å². The number of nitrogens with zero attached hydrogens (tertiary/aromatic N) is 1. The van der Waals surface area contributed by atoms with Gasteiger partial charge < -0.3 is 4.79 Å². The van der Waals surface area contributed by atoms with E-state index in [2.05, 4.69) is 4.98 Å². The highest BCUT2D eigenvalue weighted by Crippen LogP contribution is 2.13. The number of para-hydroxylation sites is 1. The van der Waals surface area contributed by atoms with Crippen molar-refractivity contribution in [3.63, 3.8) is 0 Å². The van der Waals surface area contributed by atoms with Crippen molar-refractivity contribution in [1.82, 2.24) is 4.98 Å². The lowest BCUT2D eigenvalue weighted by molar-refractivity contribution is -0.116. The lowest BCUT2D eigenvalue weighted by Crippen LogP contribution is -2.04. The van der Waals surface area contributed by atoms with Crippen LogP contribution in [0.25, 0.3) is 10.9 Å². The van der Waals surface area contributed by atoms with Crippen LogP contribution in [0.1, 0.15) is 30.3 Å². The van der Waals surface area contributed by atoms with E-state index in [1.165, 1.54) is 6.92 Å². The average Bonchev–Trinajstić information content (AvgIpc) is 2.35. The van der Waals surface area contributed by atoms with Gasteiger partial charge in [0.2, 0.25) is 0 Å². The molecule has 0 saturated carbocycles. The number of Topliss-reactive ketones (excluding diaryl/α,β-unsaturated/α-hetero) is 2. The van der Waals surface area contributed by atoms with Gasteiger partial charge in [0.15, 0.2) is 5.78 Å². The lowest BCUT2D eigenvalue weighted by Gasteiger charge is -2.01. The summed E-state index contributed by atoms with van der Waals surface area (Å²) in [4.78, 5) is 26.9. The number of fused-ring (bicyclic) bond motifs is 1. The van der Waals surface area contributed by atoms with Crippen LogP contribution in [0.15, 0.2) is 36.4 Å². The molecule has 1 heterocycles. The summed E-state index contributed by atoms with van der Waals surface area (Å²) in [7, 11) is 0. The Morgan fingerprint density at radius 2 is 1.82 bits per heavy atom. The molecule has 3 nitrogen and oxygen atoms in total. The fourth-order valence-electron chi connectivity index (χ4n) is 1.64. The second-order valence-electron chi connectivity index (χ2n) is 4.01. The number of rotatable bonds is 4. The van der Waals surface area contributed by atoms with Gasteiger partial charge in [-0.1, -0.05) is 24.3 Å². The van der Waals surface area contributed by atoms with Crippen LogP contribution in [0.2, 0.25) is 0 Å². The summed E-state index contributed by atoms with van der Waals surface area (Å²) < 4.78 is 0. The topological polar surface area (TPSA) is 47.0 Å². The molecular formula is C14H13NO2. The number of ketones is 2. The van der Waals surface area contributed by atoms with Crippen molar-refractivity contribution in [3.8, 4) is 0 Å². The Hall–Kier alpha value is -2.03. The quantitative estimate of drug-likeness (QED) is 0.754. The molecule has 0 N–H and O–H groups in total. The smallest absolute Gasteiger partial charge is 0.181 e. The third kappa shape index (κ3) is 2.75. The van der Waals surface area contributed by atoms with Crippen LogP contribution >= 0.6 is 0 Å². The minimum absolute atomic E-state index is 0.0270. The second-order valence-corrected chi connectivity index (χ2v) is 4.01. The van der Waals surface area contributed by atoms with Gasteiger partial charge in [-0.2, -0.15) is 0 Å². The maximum absolute atomic E-state index is 11.8. The molecule has 0 amide bonds. The van der Waals surface area contributed by atoms with Crippen LogP contribution < -0.4 is 0 Å². The predicted octanol–water partition coefficient (Wildman–Crippen LogP) is 2.79. The Balaban J connectivity index is 2.24. The summed E-state index contributed by atoms with van der Waals surface area (Å²) >= 11 is 0. The average molecular weight is 227 g/mol. The molecule has 0 spiro atoms. The zero-order chi connectivity index (χ0) is 12.3. The first-order valence-electron chi connectivity index (χ1n) is 5.55. The maximum Gasteiger partial charge on any atom is 0.181 e. The van der Waals surface area contributed by atoms with E-state index in [1.807, 2.05) is 30.3 Å². The Morgan fingerprint density at radius 1 is 1.06 bits per heavy atom. The molecule has 0 saturated heterocycles. The molecule has 0 aliphatic carbocycles. The summed E-state index contributed by atoms with van der Waals surface area (Å²) in [5.74, 6) is -0.0508. The number of pyridine rings is 1. The normalized spacial score (nSPS) is 10.4. The summed E-state index contributed by atoms with van der Waals surface area (Å²) in [6, 6.07) is 11.2. The lowest BCUT2D eigenvalue weighted by atomic mass is 10.1. The summed E-state index contributed by atoms with van der Waals surface area (Å²) in [6.45, 7) is 1.49. The van der Waals surface area contributed by atoms with E-state index in [4.69, 9.17) is 0 Å². The first-order chi connectivity index (χ1) is 8.16. The molecule has 0 bridgehead atoms. The molecule has 0 fully saturated rings. The first kappa shape index (κ1) is 11.5. The molecule has 3 heteroatoms. The van der Waals surface area contributed by atoms with Crippen molar-refractivity contribution in [2.45, 2.75) is 19.8 Å². The van der Waals surface area contributed by atoms with Gasteiger partial charge in [-0.15, -0.1) is 0 Å². The highest BCUT2D eigenvalue weighted by atomic mass is 16.1. The molecule has 2 rings (SSSR count). The van der Waals surface area contributed by atoms with Crippen molar-refractivity contribution >= 4 is 22.5 Å². The first-order valence-corrected chi connectivity index (χ1v) is 5.55. The Kier molecular flexibility index (Phi) is 3.28. The highest BCUT2D eigenvalue weighted by Gasteiger charge is 2.09. The highest BCUT2D eigenvalue weighted by molar-refractivity contribution is 5.98. The Labute approximate surface area is 99.5 Å². The molecule has 0 unspecified atom stereocenters. The summed E-state index contributed by atoms with van der Waals surface area (Å²) in [6.07, 6.45) is 0.522. The predicted molar refractivity (Wildman–Crippen MR) is 66.0 cm³/mol. The van der Waals surface area contributed by atoms with Crippen molar-refractivity contribution in [2.24, 2.45) is 0 Å². The van der Waals surface area contributed by atoms with Gasteiger partial charge in [-0.25, -0.2) is 4.98 Å². The molecule has 2 aromatic rings. The standard InChI is InChI=1S/C14H13NO2/c1-10(16)6-9-14(17)13-8-7-11-4-2-3-5-12(11)15-13/h2-5,7-8H,6,9H2,1H3. The zero-order valence-corrected chi connectivity index (χ0v) is 9.64. The molecule has 1 aromatic heterocycles. The third-order valence-electron chi connectivity index (χ3n) is 2.59. The van der Waals surface area contributed by atoms with E-state index in [-0.39, 0.29) is 24.4 Å². The van der Waals surface area contributed by atoms with Crippen LogP contribution in [0, 0.1) is 0 Å².